The van der Waals surface area contributed by atoms with Crippen molar-refractivity contribution in [2.45, 2.75) is 0 Å². The van der Waals surface area contributed by atoms with Gasteiger partial charge in [-0.25, -0.2) is 9.97 Å². The fourth-order valence-corrected chi connectivity index (χ4v) is 4.16. The van der Waals surface area contributed by atoms with Crippen LogP contribution in [0.25, 0.3) is 16.9 Å². The lowest BCUT2D eigenvalue weighted by Crippen LogP contribution is -2.49. The summed E-state index contributed by atoms with van der Waals surface area (Å²) in [5.74, 6) is 2.48. The van der Waals surface area contributed by atoms with E-state index in [2.05, 4.69) is 25.2 Å². The Balaban J connectivity index is 1.34. The third kappa shape index (κ3) is 4.16. The molecule has 180 valence electrons. The molecule has 1 saturated heterocycles. The van der Waals surface area contributed by atoms with Crippen molar-refractivity contribution in [3.63, 3.8) is 0 Å². The second kappa shape index (κ2) is 9.45. The maximum absolute atomic E-state index is 13.1. The summed E-state index contributed by atoms with van der Waals surface area (Å²) in [7, 11) is 4.74. The molecule has 1 amide bonds. The molecule has 11 heteroatoms. The molecule has 5 rings (SSSR count). The summed E-state index contributed by atoms with van der Waals surface area (Å²) < 4.78 is 17.6. The molecule has 3 heterocycles. The van der Waals surface area contributed by atoms with Crippen LogP contribution < -0.4 is 19.1 Å². The van der Waals surface area contributed by atoms with Gasteiger partial charge in [0, 0.05) is 37.8 Å². The van der Waals surface area contributed by atoms with Crippen molar-refractivity contribution in [1.82, 2.24) is 29.9 Å². The summed E-state index contributed by atoms with van der Waals surface area (Å²) in [5, 5.41) is 8.67. The van der Waals surface area contributed by atoms with Gasteiger partial charge >= 0.3 is 0 Å². The Morgan fingerprint density at radius 3 is 2.43 bits per heavy atom. The smallest absolute Gasteiger partial charge is 0.254 e. The Morgan fingerprint density at radius 2 is 1.69 bits per heavy atom. The molecular formula is C24H25N7O4. The van der Waals surface area contributed by atoms with Crippen LogP contribution in [0.2, 0.25) is 0 Å². The minimum atomic E-state index is -0.0533. The van der Waals surface area contributed by atoms with E-state index in [9.17, 15) is 4.79 Å². The molecule has 0 spiro atoms. The number of anilines is 1. The van der Waals surface area contributed by atoms with E-state index in [1.54, 1.807) is 44.2 Å². The summed E-state index contributed by atoms with van der Waals surface area (Å²) >= 11 is 0. The molecule has 0 aliphatic carbocycles. The van der Waals surface area contributed by atoms with E-state index in [-0.39, 0.29) is 5.91 Å². The van der Waals surface area contributed by atoms with E-state index in [4.69, 9.17) is 14.2 Å². The number of piperazine rings is 1. The maximum Gasteiger partial charge on any atom is 0.254 e. The summed E-state index contributed by atoms with van der Waals surface area (Å²) in [6, 6.07) is 12.7. The van der Waals surface area contributed by atoms with E-state index >= 15 is 0 Å². The van der Waals surface area contributed by atoms with Crippen LogP contribution in [0.3, 0.4) is 0 Å². The minimum Gasteiger partial charge on any atom is -0.497 e. The van der Waals surface area contributed by atoms with E-state index in [1.165, 1.54) is 6.33 Å². The Bertz CT molecular complexity index is 1370. The van der Waals surface area contributed by atoms with Gasteiger partial charge in [0.15, 0.2) is 28.5 Å². The molecule has 4 aromatic rings. The number of hydrogen-bond donors (Lipinski definition) is 0. The van der Waals surface area contributed by atoms with Crippen molar-refractivity contribution in [2.24, 2.45) is 0 Å². The zero-order valence-corrected chi connectivity index (χ0v) is 19.7. The van der Waals surface area contributed by atoms with Gasteiger partial charge in [-0.3, -0.25) is 4.79 Å². The van der Waals surface area contributed by atoms with Gasteiger partial charge in [-0.2, -0.15) is 4.68 Å². The first-order valence-corrected chi connectivity index (χ1v) is 11.1. The lowest BCUT2D eigenvalue weighted by atomic mass is 10.1. The average molecular weight is 476 g/mol. The van der Waals surface area contributed by atoms with Gasteiger partial charge in [-0.1, -0.05) is 11.3 Å². The van der Waals surface area contributed by atoms with Crippen LogP contribution in [0, 0.1) is 0 Å². The summed E-state index contributed by atoms with van der Waals surface area (Å²) in [6.07, 6.45) is 1.51. The van der Waals surface area contributed by atoms with Crippen molar-refractivity contribution in [3.8, 4) is 22.9 Å². The Morgan fingerprint density at radius 1 is 0.886 bits per heavy atom. The van der Waals surface area contributed by atoms with Crippen molar-refractivity contribution < 1.29 is 19.0 Å². The lowest BCUT2D eigenvalue weighted by molar-refractivity contribution is 0.0746. The maximum atomic E-state index is 13.1. The SMILES string of the molecule is COc1cccc(-n2nnc3c(N4CCN(C(=O)c5ccc(OC)c(OC)c5)CC4)ncnc32)c1. The van der Waals surface area contributed by atoms with Gasteiger partial charge in [0.05, 0.1) is 27.0 Å². The molecule has 2 aromatic heterocycles. The second-order valence-electron chi connectivity index (χ2n) is 7.92. The van der Waals surface area contributed by atoms with Crippen molar-refractivity contribution in [2.75, 3.05) is 52.4 Å². The van der Waals surface area contributed by atoms with Crippen molar-refractivity contribution in [1.29, 1.82) is 0 Å². The predicted octanol–water partition coefficient (Wildman–Crippen LogP) is 2.20. The van der Waals surface area contributed by atoms with Gasteiger partial charge in [0.1, 0.15) is 12.1 Å². The lowest BCUT2D eigenvalue weighted by Gasteiger charge is -2.35. The number of hydrogen-bond acceptors (Lipinski definition) is 9. The fraction of sp³-hybridized carbons (Fsp3) is 0.292. The Labute approximate surface area is 201 Å². The number of ether oxygens (including phenoxy) is 3. The topological polar surface area (TPSA) is 108 Å². The largest absolute Gasteiger partial charge is 0.497 e. The van der Waals surface area contributed by atoms with E-state index in [0.717, 1.165) is 11.4 Å². The van der Waals surface area contributed by atoms with E-state index < -0.39 is 0 Å². The van der Waals surface area contributed by atoms with Crippen LogP contribution in [-0.2, 0) is 0 Å². The summed E-state index contributed by atoms with van der Waals surface area (Å²) in [5.41, 5.74) is 2.56. The molecule has 0 saturated carbocycles. The molecule has 0 atom stereocenters. The first-order chi connectivity index (χ1) is 17.1. The number of carbonyl (C=O) groups is 1. The van der Waals surface area contributed by atoms with Crippen molar-refractivity contribution >= 4 is 22.9 Å². The average Bonchev–Trinajstić information content (AvgIpc) is 3.37. The van der Waals surface area contributed by atoms with Crippen molar-refractivity contribution in [3.05, 3.63) is 54.4 Å². The molecule has 11 nitrogen and oxygen atoms in total. The standard InChI is InChI=1S/C24H25N7O4/c1-33-18-6-4-5-17(14-18)31-23-21(27-28-31)22(25-15-26-23)29-9-11-30(12-10-29)24(32)16-7-8-19(34-2)20(13-16)35-3/h4-8,13-15H,9-12H2,1-3H3. The highest BCUT2D eigenvalue weighted by Crippen LogP contribution is 2.29. The predicted molar refractivity (Wildman–Crippen MR) is 129 cm³/mol. The molecule has 2 aromatic carbocycles. The van der Waals surface area contributed by atoms with Crippen LogP contribution in [-0.4, -0.2) is 83.3 Å². The number of amides is 1. The molecule has 0 radical (unpaired) electrons. The number of rotatable bonds is 6. The normalized spacial score (nSPS) is 13.7. The number of nitrogens with zero attached hydrogens (tertiary/aromatic N) is 7. The van der Waals surface area contributed by atoms with Gasteiger partial charge < -0.3 is 24.0 Å². The molecule has 1 aliphatic heterocycles. The number of benzene rings is 2. The third-order valence-corrected chi connectivity index (χ3v) is 6.01. The number of carbonyl (C=O) groups excluding carboxylic acids is 1. The molecule has 1 fully saturated rings. The molecular weight excluding hydrogens is 450 g/mol. The third-order valence-electron chi connectivity index (χ3n) is 6.01. The number of aromatic nitrogens is 5. The van der Waals surface area contributed by atoms with Gasteiger partial charge in [0.2, 0.25) is 0 Å². The van der Waals surface area contributed by atoms with E-state index in [0.29, 0.717) is 60.2 Å². The number of fused-ring (bicyclic) bond motifs is 1. The van der Waals surface area contributed by atoms with Crippen LogP contribution in [0.5, 0.6) is 17.2 Å². The highest BCUT2D eigenvalue weighted by atomic mass is 16.5. The fourth-order valence-electron chi connectivity index (χ4n) is 4.16. The van der Waals surface area contributed by atoms with Crippen LogP contribution >= 0.6 is 0 Å². The monoisotopic (exact) mass is 475 g/mol. The van der Waals surface area contributed by atoms with Gasteiger partial charge in [-0.15, -0.1) is 5.10 Å². The molecule has 0 N–H and O–H groups in total. The van der Waals surface area contributed by atoms with Crippen LogP contribution in [0.4, 0.5) is 5.82 Å². The number of methoxy groups -OCH3 is 3. The molecule has 0 unspecified atom stereocenters. The molecule has 0 bridgehead atoms. The van der Waals surface area contributed by atoms with Gasteiger partial charge in [-0.05, 0) is 30.3 Å². The Kier molecular flexibility index (Phi) is 6.04. The zero-order valence-electron chi connectivity index (χ0n) is 19.7. The minimum absolute atomic E-state index is 0.0533. The first kappa shape index (κ1) is 22.4. The summed E-state index contributed by atoms with van der Waals surface area (Å²) in [6.45, 7) is 2.31. The highest BCUT2D eigenvalue weighted by molar-refractivity contribution is 5.95. The first-order valence-electron chi connectivity index (χ1n) is 11.1. The molecule has 35 heavy (non-hydrogen) atoms. The Hall–Kier alpha value is -4.41. The second-order valence-corrected chi connectivity index (χ2v) is 7.92. The molecule has 1 aliphatic rings. The highest BCUT2D eigenvalue weighted by Gasteiger charge is 2.26. The quantitative estimate of drug-likeness (QED) is 0.415. The van der Waals surface area contributed by atoms with Crippen LogP contribution in [0.15, 0.2) is 48.8 Å². The van der Waals surface area contributed by atoms with Crippen LogP contribution in [0.1, 0.15) is 10.4 Å². The van der Waals surface area contributed by atoms with E-state index in [1.807, 2.05) is 29.2 Å². The summed E-state index contributed by atoms with van der Waals surface area (Å²) in [4.78, 5) is 25.9. The zero-order chi connectivity index (χ0) is 24.4. The van der Waals surface area contributed by atoms with Gasteiger partial charge in [0.25, 0.3) is 5.91 Å².